The van der Waals surface area contributed by atoms with Crippen molar-refractivity contribution in [2.75, 3.05) is 51.2 Å². The van der Waals surface area contributed by atoms with Crippen molar-refractivity contribution < 1.29 is 22.7 Å². The van der Waals surface area contributed by atoms with E-state index in [1.165, 1.54) is 19.8 Å². The lowest BCUT2D eigenvalue weighted by Crippen LogP contribution is -2.51. The number of hydrogen-bond donors (Lipinski definition) is 0. The van der Waals surface area contributed by atoms with Crippen LogP contribution in [0.2, 0.25) is 0 Å². The topological polar surface area (TPSA) is 79.4 Å². The summed E-state index contributed by atoms with van der Waals surface area (Å²) in [6.07, 6.45) is 0. The molecule has 8 nitrogen and oxygen atoms in total. The molecule has 0 aromatic heterocycles. The summed E-state index contributed by atoms with van der Waals surface area (Å²) in [6.45, 7) is 4.88. The maximum atomic E-state index is 13.8. The molecule has 3 aromatic rings. The quantitative estimate of drug-likeness (QED) is 0.427. The van der Waals surface area contributed by atoms with E-state index in [1.807, 2.05) is 25.1 Å². The number of rotatable bonds is 9. The van der Waals surface area contributed by atoms with Crippen molar-refractivity contribution in [2.45, 2.75) is 18.4 Å². The van der Waals surface area contributed by atoms with Crippen molar-refractivity contribution in [1.82, 2.24) is 9.80 Å². The Hall–Kier alpha value is -3.56. The van der Waals surface area contributed by atoms with Gasteiger partial charge in [0.25, 0.3) is 10.0 Å². The van der Waals surface area contributed by atoms with Crippen LogP contribution in [0.3, 0.4) is 0 Å². The number of ether oxygens (including phenoxy) is 2. The second kappa shape index (κ2) is 11.7. The zero-order chi connectivity index (χ0) is 26.4. The maximum Gasteiger partial charge on any atom is 0.264 e. The van der Waals surface area contributed by atoms with Crippen LogP contribution in [0.15, 0.2) is 77.7 Å². The lowest BCUT2D eigenvalue weighted by Gasteiger charge is -2.36. The number of nitrogens with zero attached hydrogens (tertiary/aromatic N) is 3. The van der Waals surface area contributed by atoms with Crippen molar-refractivity contribution in [3.63, 3.8) is 0 Å². The molecule has 0 bridgehead atoms. The number of carbonyl (C=O) groups excluding carboxylic acids is 1. The highest BCUT2D eigenvalue weighted by atomic mass is 32.2. The first kappa shape index (κ1) is 26.5. The van der Waals surface area contributed by atoms with Gasteiger partial charge in [0.15, 0.2) is 0 Å². The third-order valence-corrected chi connectivity index (χ3v) is 8.29. The monoisotopic (exact) mass is 523 g/mol. The highest BCUT2D eigenvalue weighted by Crippen LogP contribution is 2.35. The zero-order valence-electron chi connectivity index (χ0n) is 21.5. The normalized spacial score (nSPS) is 14.3. The molecule has 0 saturated carbocycles. The van der Waals surface area contributed by atoms with E-state index in [2.05, 4.69) is 17.0 Å². The molecule has 0 N–H and O–H groups in total. The van der Waals surface area contributed by atoms with E-state index in [0.717, 1.165) is 29.5 Å². The van der Waals surface area contributed by atoms with Gasteiger partial charge in [-0.2, -0.15) is 0 Å². The van der Waals surface area contributed by atoms with Gasteiger partial charge in [-0.25, -0.2) is 8.42 Å². The molecular weight excluding hydrogens is 490 g/mol. The number of sulfonamides is 1. The Morgan fingerprint density at radius 3 is 2.19 bits per heavy atom. The molecule has 0 unspecified atom stereocenters. The van der Waals surface area contributed by atoms with E-state index in [9.17, 15) is 13.2 Å². The molecule has 196 valence electrons. The number of aryl methyl sites for hydroxylation is 1. The molecule has 37 heavy (non-hydrogen) atoms. The summed E-state index contributed by atoms with van der Waals surface area (Å²) in [5.74, 6) is 0.567. The molecule has 1 saturated heterocycles. The fraction of sp³-hybridized carbons (Fsp3) is 0.321. The van der Waals surface area contributed by atoms with Gasteiger partial charge in [0, 0.05) is 38.8 Å². The minimum atomic E-state index is -4.05. The van der Waals surface area contributed by atoms with Crippen LogP contribution in [0.25, 0.3) is 0 Å². The van der Waals surface area contributed by atoms with Crippen molar-refractivity contribution in [1.29, 1.82) is 0 Å². The molecule has 3 aromatic carbocycles. The molecule has 1 heterocycles. The Morgan fingerprint density at radius 1 is 0.892 bits per heavy atom. The van der Waals surface area contributed by atoms with Crippen LogP contribution in [-0.4, -0.2) is 71.1 Å². The van der Waals surface area contributed by atoms with Crippen molar-refractivity contribution in [2.24, 2.45) is 0 Å². The Balaban J connectivity index is 1.56. The van der Waals surface area contributed by atoms with Gasteiger partial charge in [-0.05, 0) is 36.8 Å². The lowest BCUT2D eigenvalue weighted by atomic mass is 10.2. The fourth-order valence-corrected chi connectivity index (χ4v) is 5.77. The van der Waals surface area contributed by atoms with Crippen LogP contribution in [0, 0.1) is 6.92 Å². The fourth-order valence-electron chi connectivity index (χ4n) is 4.35. The van der Waals surface area contributed by atoms with Crippen LogP contribution in [0.5, 0.6) is 11.5 Å². The van der Waals surface area contributed by atoms with Gasteiger partial charge in [-0.15, -0.1) is 0 Å². The molecular formula is C28H33N3O5S. The van der Waals surface area contributed by atoms with Crippen molar-refractivity contribution in [3.8, 4) is 11.5 Å². The van der Waals surface area contributed by atoms with Crippen LogP contribution in [0.4, 0.5) is 5.69 Å². The number of hydrogen-bond acceptors (Lipinski definition) is 6. The number of anilines is 1. The third kappa shape index (κ3) is 6.23. The van der Waals surface area contributed by atoms with E-state index in [-0.39, 0.29) is 23.0 Å². The molecule has 1 amide bonds. The summed E-state index contributed by atoms with van der Waals surface area (Å²) in [5, 5.41) is 0. The second-order valence-electron chi connectivity index (χ2n) is 9.01. The predicted octanol–water partition coefficient (Wildman–Crippen LogP) is 3.55. The highest BCUT2D eigenvalue weighted by Gasteiger charge is 2.32. The van der Waals surface area contributed by atoms with Crippen molar-refractivity contribution in [3.05, 3.63) is 83.9 Å². The number of amides is 1. The molecule has 0 spiro atoms. The first-order valence-electron chi connectivity index (χ1n) is 12.2. The van der Waals surface area contributed by atoms with Gasteiger partial charge in [0.2, 0.25) is 5.91 Å². The summed E-state index contributed by atoms with van der Waals surface area (Å²) in [7, 11) is -1.07. The molecule has 4 rings (SSSR count). The lowest BCUT2D eigenvalue weighted by molar-refractivity contribution is -0.131. The maximum absolute atomic E-state index is 13.8. The minimum absolute atomic E-state index is 0.108. The van der Waals surface area contributed by atoms with Gasteiger partial charge in [0.05, 0.1) is 24.8 Å². The summed E-state index contributed by atoms with van der Waals surface area (Å²) in [6, 6.07) is 21.7. The minimum Gasteiger partial charge on any atom is -0.497 e. The first-order chi connectivity index (χ1) is 17.8. The Bertz CT molecular complexity index is 1310. The largest absolute Gasteiger partial charge is 0.497 e. The second-order valence-corrected chi connectivity index (χ2v) is 10.9. The van der Waals surface area contributed by atoms with Crippen LogP contribution < -0.4 is 13.8 Å². The van der Waals surface area contributed by atoms with Crippen LogP contribution in [0.1, 0.15) is 11.1 Å². The highest BCUT2D eigenvalue weighted by molar-refractivity contribution is 7.92. The Labute approximate surface area is 219 Å². The average Bonchev–Trinajstić information content (AvgIpc) is 2.92. The number of carbonyl (C=O) groups is 1. The van der Waals surface area contributed by atoms with Crippen LogP contribution >= 0.6 is 0 Å². The SMILES string of the molecule is COc1ccc(N(CC(=O)N2CCN(Cc3ccccc3)CC2)S(=O)(=O)c2ccc(C)cc2)c(OC)c1. The summed E-state index contributed by atoms with van der Waals surface area (Å²) >= 11 is 0. The van der Waals surface area contributed by atoms with Gasteiger partial charge in [-0.1, -0.05) is 48.0 Å². The summed E-state index contributed by atoms with van der Waals surface area (Å²) in [4.78, 5) is 17.6. The van der Waals surface area contributed by atoms with E-state index in [4.69, 9.17) is 9.47 Å². The van der Waals surface area contributed by atoms with Gasteiger partial charge < -0.3 is 14.4 Å². The van der Waals surface area contributed by atoms with Gasteiger partial charge in [0.1, 0.15) is 18.0 Å². The van der Waals surface area contributed by atoms with E-state index >= 15 is 0 Å². The average molecular weight is 524 g/mol. The van der Waals surface area contributed by atoms with E-state index in [1.54, 1.807) is 47.4 Å². The molecule has 1 aliphatic heterocycles. The van der Waals surface area contributed by atoms with Gasteiger partial charge >= 0.3 is 0 Å². The number of methoxy groups -OCH3 is 2. The van der Waals surface area contributed by atoms with E-state index in [0.29, 0.717) is 24.6 Å². The zero-order valence-corrected chi connectivity index (χ0v) is 22.3. The smallest absolute Gasteiger partial charge is 0.264 e. The first-order valence-corrected chi connectivity index (χ1v) is 13.6. The standard InChI is InChI=1S/C28H33N3O5S/c1-22-9-12-25(13-10-22)37(33,34)31(26-14-11-24(35-2)19-27(26)36-3)21-28(32)30-17-15-29(16-18-30)20-23-7-5-4-6-8-23/h4-14,19H,15-18,20-21H2,1-3H3. The van der Waals surface area contributed by atoms with E-state index < -0.39 is 10.0 Å². The molecule has 0 aliphatic carbocycles. The van der Waals surface area contributed by atoms with Crippen molar-refractivity contribution >= 4 is 21.6 Å². The number of piperazine rings is 1. The number of benzene rings is 3. The molecule has 0 atom stereocenters. The Morgan fingerprint density at radius 2 is 1.57 bits per heavy atom. The Kier molecular flexibility index (Phi) is 8.35. The summed E-state index contributed by atoms with van der Waals surface area (Å²) in [5.41, 5.74) is 2.45. The van der Waals surface area contributed by atoms with Gasteiger partial charge in [-0.3, -0.25) is 14.0 Å². The predicted molar refractivity (Wildman–Crippen MR) is 144 cm³/mol. The summed E-state index contributed by atoms with van der Waals surface area (Å²) < 4.78 is 39.5. The molecule has 1 aliphatic rings. The molecule has 9 heteroatoms. The molecule has 0 radical (unpaired) electrons. The van der Waals surface area contributed by atoms with Crippen LogP contribution in [-0.2, 0) is 21.4 Å². The molecule has 1 fully saturated rings. The third-order valence-electron chi connectivity index (χ3n) is 6.52.